The van der Waals surface area contributed by atoms with Gasteiger partial charge in [0.1, 0.15) is 12.0 Å². The summed E-state index contributed by atoms with van der Waals surface area (Å²) in [5.41, 5.74) is -0.430. The second kappa shape index (κ2) is 10.8. The lowest BCUT2D eigenvalue weighted by molar-refractivity contribution is -0.268. The highest BCUT2D eigenvalue weighted by atomic mass is 16.7. The molecule has 2 heterocycles. The molecule has 2 aliphatic rings. The van der Waals surface area contributed by atoms with Crippen molar-refractivity contribution in [3.8, 4) is 0 Å². The zero-order valence-electron chi connectivity index (χ0n) is 22.0. The number of hydrogen-bond donors (Lipinski definition) is 0. The maximum absolute atomic E-state index is 12.5. The normalized spacial score (nSPS) is 30.2. The summed E-state index contributed by atoms with van der Waals surface area (Å²) in [5, 5.41) is 0. The number of carbonyl (C=O) groups is 2. The molecule has 0 N–H and O–H groups in total. The van der Waals surface area contributed by atoms with E-state index in [1.807, 2.05) is 27.7 Å². The largest absolute Gasteiger partial charge is 0.456 e. The fourth-order valence-electron chi connectivity index (χ4n) is 4.87. The Labute approximate surface area is 198 Å². The molecule has 0 saturated carbocycles. The fourth-order valence-corrected chi connectivity index (χ4v) is 4.87. The maximum atomic E-state index is 12.5. The molecular weight excluding hydrogens is 426 g/mol. The zero-order valence-corrected chi connectivity index (χ0v) is 22.0. The molecule has 0 aromatic heterocycles. The van der Waals surface area contributed by atoms with E-state index >= 15 is 0 Å². The molecule has 33 heavy (non-hydrogen) atoms. The molecule has 0 aromatic carbocycles. The van der Waals surface area contributed by atoms with Crippen LogP contribution in [0.2, 0.25) is 0 Å². The average Bonchev–Trinajstić information content (AvgIpc) is 2.73. The molecule has 0 spiro atoms. The number of nitrogens with zero attached hydrogens (tertiary/aromatic N) is 1. The Morgan fingerprint density at radius 1 is 1.24 bits per heavy atom. The minimum absolute atomic E-state index is 0.0376. The molecule has 0 amide bonds. The van der Waals surface area contributed by atoms with Crippen LogP contribution in [0, 0.1) is 11.8 Å². The number of aldehydes is 1. The Morgan fingerprint density at radius 3 is 2.42 bits per heavy atom. The minimum Gasteiger partial charge on any atom is -0.456 e. The smallest absolute Gasteiger partial charge is 0.340 e. The van der Waals surface area contributed by atoms with Crippen LogP contribution < -0.4 is 0 Å². The number of rotatable bonds is 10. The monoisotopic (exact) mass is 469 g/mol. The van der Waals surface area contributed by atoms with Crippen molar-refractivity contribution < 1.29 is 33.3 Å². The van der Waals surface area contributed by atoms with Gasteiger partial charge in [0.05, 0.1) is 23.4 Å². The summed E-state index contributed by atoms with van der Waals surface area (Å²) in [6, 6.07) is 0.318. The van der Waals surface area contributed by atoms with Gasteiger partial charge in [-0.2, -0.15) is 0 Å². The topological polar surface area (TPSA) is 83.5 Å². The molecule has 0 unspecified atom stereocenters. The van der Waals surface area contributed by atoms with E-state index in [1.54, 1.807) is 27.9 Å². The van der Waals surface area contributed by atoms with Gasteiger partial charge in [0.25, 0.3) is 0 Å². The molecule has 7 atom stereocenters. The average molecular weight is 470 g/mol. The molecular formula is C25H43NO7. The molecule has 8 nitrogen and oxygen atoms in total. The number of hydrogen-bond acceptors (Lipinski definition) is 8. The molecule has 190 valence electrons. The van der Waals surface area contributed by atoms with Gasteiger partial charge < -0.3 is 33.4 Å². The molecule has 1 saturated heterocycles. The van der Waals surface area contributed by atoms with Gasteiger partial charge in [0.15, 0.2) is 6.29 Å². The number of methoxy groups -OCH3 is 1. The third kappa shape index (κ3) is 6.78. The first-order chi connectivity index (χ1) is 15.2. The second-order valence-corrected chi connectivity index (χ2v) is 10.5. The van der Waals surface area contributed by atoms with E-state index in [0.29, 0.717) is 30.2 Å². The van der Waals surface area contributed by atoms with Crippen LogP contribution in [0.15, 0.2) is 11.3 Å². The van der Waals surface area contributed by atoms with Crippen molar-refractivity contribution in [1.82, 2.24) is 4.90 Å². The molecule has 2 rings (SSSR count). The summed E-state index contributed by atoms with van der Waals surface area (Å²) in [5.74, 6) is -1.59. The van der Waals surface area contributed by atoms with Crippen molar-refractivity contribution in [1.29, 1.82) is 0 Å². The third-order valence-electron chi connectivity index (χ3n) is 6.75. The van der Waals surface area contributed by atoms with E-state index in [9.17, 15) is 9.59 Å². The molecule has 0 aliphatic carbocycles. The van der Waals surface area contributed by atoms with Gasteiger partial charge in [-0.1, -0.05) is 13.8 Å². The molecule has 8 heteroatoms. The van der Waals surface area contributed by atoms with Crippen LogP contribution in [-0.2, 0) is 33.3 Å². The maximum Gasteiger partial charge on any atom is 0.340 e. The standard InChI is InChI=1S/C25H43NO7/c1-15(14-27)13-25(7,29-10)22(31-20-12-19(26(8)9)11-16(2)30-20)17(3)21-18(4)23(28)33-24(5,6)32-21/h14-17,19-20,22H,11-13H2,1-10H3/t15-,16-,17+,19-,20+,22-,25-/m1/s1. The van der Waals surface area contributed by atoms with Gasteiger partial charge in [-0.3, -0.25) is 0 Å². The number of ether oxygens (including phenoxy) is 5. The molecule has 0 radical (unpaired) electrons. The van der Waals surface area contributed by atoms with Crippen LogP contribution in [0.5, 0.6) is 0 Å². The fraction of sp³-hybridized carbons (Fsp3) is 0.840. The second-order valence-electron chi connectivity index (χ2n) is 10.5. The Hall–Kier alpha value is -1.48. The first kappa shape index (κ1) is 27.8. The van der Waals surface area contributed by atoms with Crippen LogP contribution in [0.4, 0.5) is 0 Å². The van der Waals surface area contributed by atoms with Gasteiger partial charge >= 0.3 is 5.97 Å². The van der Waals surface area contributed by atoms with Crippen LogP contribution in [-0.4, -0.2) is 74.3 Å². The predicted molar refractivity (Wildman–Crippen MR) is 124 cm³/mol. The van der Waals surface area contributed by atoms with Crippen molar-refractivity contribution in [2.45, 2.75) is 104 Å². The van der Waals surface area contributed by atoms with E-state index in [0.717, 1.165) is 12.7 Å². The quantitative estimate of drug-likeness (QED) is 0.354. The number of esters is 1. The first-order valence-electron chi connectivity index (χ1n) is 11.8. The lowest BCUT2D eigenvalue weighted by Crippen LogP contribution is -2.53. The number of cyclic esters (lactones) is 1. The number of carbonyl (C=O) groups excluding carboxylic acids is 2. The van der Waals surface area contributed by atoms with Crippen LogP contribution >= 0.6 is 0 Å². The molecule has 2 aliphatic heterocycles. The summed E-state index contributed by atoms with van der Waals surface area (Å²) in [6.45, 7) is 12.9. The summed E-state index contributed by atoms with van der Waals surface area (Å²) < 4.78 is 30.3. The highest BCUT2D eigenvalue weighted by Crippen LogP contribution is 2.40. The lowest BCUT2D eigenvalue weighted by Gasteiger charge is -2.46. The summed E-state index contributed by atoms with van der Waals surface area (Å²) in [4.78, 5) is 26.2. The van der Waals surface area contributed by atoms with E-state index in [1.165, 1.54) is 0 Å². The lowest BCUT2D eigenvalue weighted by atomic mass is 9.81. The van der Waals surface area contributed by atoms with E-state index < -0.39 is 29.8 Å². The third-order valence-corrected chi connectivity index (χ3v) is 6.75. The van der Waals surface area contributed by atoms with E-state index in [2.05, 4.69) is 19.0 Å². The van der Waals surface area contributed by atoms with E-state index in [4.69, 9.17) is 23.7 Å². The van der Waals surface area contributed by atoms with Crippen molar-refractivity contribution in [3.63, 3.8) is 0 Å². The highest BCUT2D eigenvalue weighted by Gasteiger charge is 2.47. The van der Waals surface area contributed by atoms with Crippen molar-refractivity contribution in [2.24, 2.45) is 11.8 Å². The van der Waals surface area contributed by atoms with Gasteiger partial charge in [0.2, 0.25) is 5.79 Å². The van der Waals surface area contributed by atoms with Crippen molar-refractivity contribution in [2.75, 3.05) is 21.2 Å². The zero-order chi connectivity index (χ0) is 25.1. The van der Waals surface area contributed by atoms with Gasteiger partial charge in [-0.15, -0.1) is 0 Å². The van der Waals surface area contributed by atoms with Gasteiger partial charge in [0, 0.05) is 45.3 Å². The molecule has 0 aromatic rings. The highest BCUT2D eigenvalue weighted by molar-refractivity contribution is 5.89. The molecule has 1 fully saturated rings. The van der Waals surface area contributed by atoms with Crippen molar-refractivity contribution in [3.05, 3.63) is 11.3 Å². The summed E-state index contributed by atoms with van der Waals surface area (Å²) in [7, 11) is 5.74. The Kier molecular flexibility index (Phi) is 9.12. The van der Waals surface area contributed by atoms with Gasteiger partial charge in [-0.25, -0.2) is 4.79 Å². The Bertz CT molecular complexity index is 734. The Balaban J connectivity index is 2.45. The van der Waals surface area contributed by atoms with Crippen LogP contribution in [0.3, 0.4) is 0 Å². The van der Waals surface area contributed by atoms with Crippen LogP contribution in [0.25, 0.3) is 0 Å². The van der Waals surface area contributed by atoms with Crippen molar-refractivity contribution >= 4 is 12.3 Å². The first-order valence-corrected chi connectivity index (χ1v) is 11.8. The minimum atomic E-state index is -1.09. The summed E-state index contributed by atoms with van der Waals surface area (Å²) in [6.07, 6.45) is 2.02. The van der Waals surface area contributed by atoms with Gasteiger partial charge in [-0.05, 0) is 47.7 Å². The molecule has 0 bridgehead atoms. The van der Waals surface area contributed by atoms with Crippen LogP contribution in [0.1, 0.15) is 67.7 Å². The predicted octanol–water partition coefficient (Wildman–Crippen LogP) is 3.68. The SMILES string of the molecule is CO[C@](C)(C[C@@H](C)C=O)[C@H](O[C@H]1C[C@H](N(C)C)C[C@@H](C)O1)[C@@H](C)C1=C(C)C(=O)OC(C)(C)O1. The van der Waals surface area contributed by atoms with E-state index in [-0.39, 0.29) is 17.9 Å². The Morgan fingerprint density at radius 2 is 1.88 bits per heavy atom. The summed E-state index contributed by atoms with van der Waals surface area (Å²) >= 11 is 0.